The first-order valence-electron chi connectivity index (χ1n) is 6.43. The highest BCUT2D eigenvalue weighted by molar-refractivity contribution is 6.20. The fourth-order valence-corrected chi connectivity index (χ4v) is 2.51. The summed E-state index contributed by atoms with van der Waals surface area (Å²) >= 11 is 6.21. The van der Waals surface area contributed by atoms with Crippen LogP contribution in [0.25, 0.3) is 16.7 Å². The second-order valence-corrected chi connectivity index (χ2v) is 5.34. The number of rotatable bonds is 2. The summed E-state index contributed by atoms with van der Waals surface area (Å²) in [5.74, 6) is 0.249. The van der Waals surface area contributed by atoms with E-state index < -0.39 is 0 Å². The highest BCUT2D eigenvalue weighted by atomic mass is 35.5. The number of halogens is 2. The molecule has 3 rings (SSSR count). The average molecular weight is 300 g/mol. The molecule has 0 spiro atoms. The molecule has 0 saturated heterocycles. The number of nitrogens with zero attached hydrogens (tertiary/aromatic N) is 3. The number of benzene rings is 2. The lowest BCUT2D eigenvalue weighted by Crippen LogP contribution is -2.02. The van der Waals surface area contributed by atoms with Gasteiger partial charge in [0.2, 0.25) is 0 Å². The molecular weight excluding hydrogens is 289 g/mol. The molecule has 0 bridgehead atoms. The third-order valence-corrected chi connectivity index (χ3v) is 3.45. The molecule has 1 aromatic heterocycles. The van der Waals surface area contributed by atoms with E-state index in [0.717, 1.165) is 5.52 Å². The van der Waals surface area contributed by atoms with Crippen molar-refractivity contribution in [3.05, 3.63) is 59.7 Å². The quantitative estimate of drug-likeness (QED) is 0.661. The molecule has 1 atom stereocenters. The Balaban J connectivity index is 2.40. The van der Waals surface area contributed by atoms with Crippen LogP contribution in [-0.4, -0.2) is 9.55 Å². The zero-order chi connectivity index (χ0) is 15.0. The Labute approximate surface area is 126 Å². The van der Waals surface area contributed by atoms with E-state index in [4.69, 9.17) is 11.6 Å². The van der Waals surface area contributed by atoms with Gasteiger partial charge in [-0.3, -0.25) is 4.57 Å². The maximum Gasteiger partial charge on any atom is 0.132 e. The molecule has 5 heteroatoms. The highest BCUT2D eigenvalue weighted by Gasteiger charge is 2.18. The van der Waals surface area contributed by atoms with Crippen LogP contribution in [0.2, 0.25) is 0 Å². The molecular formula is C16H11ClFN3. The number of fused-ring (bicyclic) bond motifs is 1. The number of nitriles is 1. The highest BCUT2D eigenvalue weighted by Crippen LogP contribution is 2.29. The van der Waals surface area contributed by atoms with E-state index in [9.17, 15) is 9.65 Å². The van der Waals surface area contributed by atoms with E-state index in [-0.39, 0.29) is 11.2 Å². The minimum atomic E-state index is -0.368. The molecule has 3 aromatic rings. The monoisotopic (exact) mass is 299 g/mol. The van der Waals surface area contributed by atoms with Gasteiger partial charge < -0.3 is 0 Å². The number of hydrogen-bond acceptors (Lipinski definition) is 2. The van der Waals surface area contributed by atoms with Crippen molar-refractivity contribution in [3.8, 4) is 11.8 Å². The molecule has 2 aromatic carbocycles. The summed E-state index contributed by atoms with van der Waals surface area (Å²) in [6, 6.07) is 13.7. The van der Waals surface area contributed by atoms with Crippen molar-refractivity contribution < 1.29 is 4.39 Å². The molecule has 1 unspecified atom stereocenters. The number of hydrogen-bond donors (Lipinski definition) is 0. The maximum absolute atomic E-state index is 13.5. The molecule has 0 N–H and O–H groups in total. The first kappa shape index (κ1) is 13.6. The van der Waals surface area contributed by atoms with E-state index in [2.05, 4.69) is 11.1 Å². The Morgan fingerprint density at radius 1 is 1.29 bits per heavy atom. The molecule has 0 aliphatic rings. The zero-order valence-corrected chi connectivity index (χ0v) is 12.0. The summed E-state index contributed by atoms with van der Waals surface area (Å²) in [5.41, 5.74) is 2.42. The molecule has 0 radical (unpaired) electrons. The Kier molecular flexibility index (Phi) is 3.36. The smallest absolute Gasteiger partial charge is 0.132 e. The molecule has 104 valence electrons. The van der Waals surface area contributed by atoms with Gasteiger partial charge in [-0.15, -0.1) is 11.6 Å². The predicted octanol–water partition coefficient (Wildman–Crippen LogP) is 4.34. The maximum atomic E-state index is 13.5. The molecule has 1 heterocycles. The SMILES string of the molecule is CC(Cl)c1nc2c(C#N)cccc2n1-c1cccc(F)c1. The Morgan fingerprint density at radius 2 is 2.05 bits per heavy atom. The van der Waals surface area contributed by atoms with Crippen LogP contribution in [0.3, 0.4) is 0 Å². The van der Waals surface area contributed by atoms with Crippen molar-refractivity contribution in [1.82, 2.24) is 9.55 Å². The van der Waals surface area contributed by atoms with Gasteiger partial charge in [-0.1, -0.05) is 12.1 Å². The predicted molar refractivity (Wildman–Crippen MR) is 80.0 cm³/mol. The van der Waals surface area contributed by atoms with Gasteiger partial charge in [0.15, 0.2) is 0 Å². The van der Waals surface area contributed by atoms with Crippen LogP contribution < -0.4 is 0 Å². The summed E-state index contributed by atoms with van der Waals surface area (Å²) in [6.07, 6.45) is 0. The molecule has 0 aliphatic heterocycles. The van der Waals surface area contributed by atoms with Gasteiger partial charge in [0.1, 0.15) is 23.2 Å². The fraction of sp³-hybridized carbons (Fsp3) is 0.125. The van der Waals surface area contributed by atoms with Crippen LogP contribution in [0, 0.1) is 17.1 Å². The van der Waals surface area contributed by atoms with Gasteiger partial charge in [-0.25, -0.2) is 9.37 Å². The lowest BCUT2D eigenvalue weighted by Gasteiger charge is -2.10. The van der Waals surface area contributed by atoms with Crippen molar-refractivity contribution in [3.63, 3.8) is 0 Å². The van der Waals surface area contributed by atoms with Gasteiger partial charge in [0.25, 0.3) is 0 Å². The fourth-order valence-electron chi connectivity index (χ4n) is 2.36. The Bertz CT molecular complexity index is 862. The average Bonchev–Trinajstić information content (AvgIpc) is 2.86. The summed E-state index contributed by atoms with van der Waals surface area (Å²) in [6.45, 7) is 1.80. The molecule has 0 saturated carbocycles. The zero-order valence-electron chi connectivity index (χ0n) is 11.2. The van der Waals surface area contributed by atoms with Crippen molar-refractivity contribution in [2.24, 2.45) is 0 Å². The molecule has 21 heavy (non-hydrogen) atoms. The van der Waals surface area contributed by atoms with Crippen LogP contribution in [0.1, 0.15) is 23.7 Å². The van der Waals surface area contributed by atoms with Crippen LogP contribution >= 0.6 is 11.6 Å². The van der Waals surface area contributed by atoms with E-state index >= 15 is 0 Å². The first-order chi connectivity index (χ1) is 10.1. The van der Waals surface area contributed by atoms with E-state index in [0.29, 0.717) is 22.6 Å². The normalized spacial score (nSPS) is 12.3. The van der Waals surface area contributed by atoms with Gasteiger partial charge in [-0.05, 0) is 37.3 Å². The molecule has 3 nitrogen and oxygen atoms in total. The van der Waals surface area contributed by atoms with E-state index in [1.54, 1.807) is 35.8 Å². The lowest BCUT2D eigenvalue weighted by molar-refractivity contribution is 0.626. The first-order valence-corrected chi connectivity index (χ1v) is 6.87. The van der Waals surface area contributed by atoms with Crippen LogP contribution in [0.15, 0.2) is 42.5 Å². The van der Waals surface area contributed by atoms with Gasteiger partial charge in [-0.2, -0.15) is 5.26 Å². The third-order valence-electron chi connectivity index (χ3n) is 3.25. The minimum Gasteiger partial charge on any atom is -0.295 e. The summed E-state index contributed by atoms with van der Waals surface area (Å²) in [4.78, 5) is 4.48. The largest absolute Gasteiger partial charge is 0.295 e. The number of para-hydroxylation sites is 1. The van der Waals surface area contributed by atoms with Crippen molar-refractivity contribution in [2.45, 2.75) is 12.3 Å². The third kappa shape index (κ3) is 2.26. The van der Waals surface area contributed by atoms with Crippen LogP contribution in [0.4, 0.5) is 4.39 Å². The van der Waals surface area contributed by atoms with Crippen molar-refractivity contribution in [1.29, 1.82) is 5.26 Å². The summed E-state index contributed by atoms with van der Waals surface area (Å²) in [5, 5.41) is 8.83. The second kappa shape index (κ2) is 5.19. The van der Waals surface area contributed by atoms with Crippen LogP contribution in [-0.2, 0) is 0 Å². The van der Waals surface area contributed by atoms with Crippen LogP contribution in [0.5, 0.6) is 0 Å². The number of aromatic nitrogens is 2. The second-order valence-electron chi connectivity index (χ2n) is 4.69. The Hall–Kier alpha value is -2.38. The van der Waals surface area contributed by atoms with Crippen molar-refractivity contribution in [2.75, 3.05) is 0 Å². The van der Waals surface area contributed by atoms with Gasteiger partial charge >= 0.3 is 0 Å². The number of alkyl halides is 1. The van der Waals surface area contributed by atoms with Gasteiger partial charge in [0.05, 0.1) is 22.1 Å². The lowest BCUT2D eigenvalue weighted by atomic mass is 10.2. The topological polar surface area (TPSA) is 41.6 Å². The van der Waals surface area contributed by atoms with Gasteiger partial charge in [0, 0.05) is 0 Å². The summed E-state index contributed by atoms with van der Waals surface area (Å²) < 4.78 is 15.3. The summed E-state index contributed by atoms with van der Waals surface area (Å²) in [7, 11) is 0. The molecule has 0 aliphatic carbocycles. The molecule has 0 fully saturated rings. The van der Waals surface area contributed by atoms with E-state index in [1.807, 2.05) is 6.07 Å². The van der Waals surface area contributed by atoms with Crippen molar-refractivity contribution >= 4 is 22.6 Å². The molecule has 0 amide bonds. The van der Waals surface area contributed by atoms with E-state index in [1.165, 1.54) is 12.1 Å². The minimum absolute atomic E-state index is 0.334. The number of imidazole rings is 1. The Morgan fingerprint density at radius 3 is 2.71 bits per heavy atom. The standard InChI is InChI=1S/C16H11ClFN3/c1-10(17)16-20-15-11(9-19)4-2-7-14(15)21(16)13-6-3-5-12(18)8-13/h2-8,10H,1H3.